The van der Waals surface area contributed by atoms with Crippen molar-refractivity contribution in [1.29, 1.82) is 0 Å². The second-order valence-electron chi connectivity index (χ2n) is 7.08. The summed E-state index contributed by atoms with van der Waals surface area (Å²) >= 11 is 0. The van der Waals surface area contributed by atoms with Gasteiger partial charge in [-0.25, -0.2) is 4.79 Å². The lowest BCUT2D eigenvalue weighted by atomic mass is 10.1. The van der Waals surface area contributed by atoms with Crippen LogP contribution in [0.3, 0.4) is 0 Å². The van der Waals surface area contributed by atoms with E-state index in [9.17, 15) is 4.79 Å². The Morgan fingerprint density at radius 2 is 1.12 bits per heavy atom. The van der Waals surface area contributed by atoms with Crippen LogP contribution in [-0.4, -0.2) is 92.4 Å². The number of hydrogen-bond acceptors (Lipinski definition) is 8. The van der Waals surface area contributed by atoms with Gasteiger partial charge in [0, 0.05) is 20.3 Å². The molecule has 0 aliphatic carbocycles. The highest BCUT2D eigenvalue weighted by Gasteiger charge is 2.06. The fourth-order valence-electron chi connectivity index (χ4n) is 2.62. The van der Waals surface area contributed by atoms with Gasteiger partial charge in [0.2, 0.25) is 0 Å². The number of benzene rings is 1. The standard InChI is InChI=1S/C25H40O8/c1-3-23-7-9-24(10-8-23)25(26)33-22-21-32-20-19-31-18-17-30-16-15-29-12-6-4-5-11-28-14-13-27-2/h3,7-10H,1,4-6,11-22H2,2H3. The average molecular weight is 469 g/mol. The molecule has 0 radical (unpaired) electrons. The molecule has 8 nitrogen and oxygen atoms in total. The minimum Gasteiger partial charge on any atom is -0.460 e. The molecule has 0 unspecified atom stereocenters. The van der Waals surface area contributed by atoms with E-state index in [0.717, 1.165) is 38.0 Å². The molecule has 0 amide bonds. The number of unbranched alkanes of at least 4 members (excludes halogenated alkanes) is 2. The normalized spacial score (nSPS) is 10.9. The molecule has 8 heteroatoms. The van der Waals surface area contributed by atoms with Gasteiger partial charge in [-0.2, -0.15) is 0 Å². The molecule has 0 atom stereocenters. The predicted molar refractivity (Wildman–Crippen MR) is 127 cm³/mol. The Balaban J connectivity index is 1.76. The molecule has 1 aromatic carbocycles. The van der Waals surface area contributed by atoms with Gasteiger partial charge in [0.25, 0.3) is 0 Å². The Morgan fingerprint density at radius 1 is 0.667 bits per heavy atom. The van der Waals surface area contributed by atoms with E-state index in [4.69, 9.17) is 33.2 Å². The number of carbonyl (C=O) groups excluding carboxylic acids is 1. The highest BCUT2D eigenvalue weighted by Crippen LogP contribution is 2.06. The first-order valence-corrected chi connectivity index (χ1v) is 11.5. The molecule has 0 saturated carbocycles. The van der Waals surface area contributed by atoms with E-state index in [1.807, 2.05) is 12.1 Å². The number of rotatable bonds is 23. The van der Waals surface area contributed by atoms with Crippen molar-refractivity contribution in [3.05, 3.63) is 42.0 Å². The van der Waals surface area contributed by atoms with Gasteiger partial charge in [0.15, 0.2) is 0 Å². The fraction of sp³-hybridized carbons (Fsp3) is 0.640. The van der Waals surface area contributed by atoms with Gasteiger partial charge in [0.1, 0.15) is 6.61 Å². The van der Waals surface area contributed by atoms with Crippen molar-refractivity contribution in [2.45, 2.75) is 19.3 Å². The van der Waals surface area contributed by atoms with Gasteiger partial charge < -0.3 is 33.2 Å². The minimum absolute atomic E-state index is 0.202. The van der Waals surface area contributed by atoms with Crippen molar-refractivity contribution in [2.75, 3.05) is 86.4 Å². The van der Waals surface area contributed by atoms with E-state index in [1.165, 1.54) is 0 Å². The molecular weight excluding hydrogens is 428 g/mol. The molecule has 0 saturated heterocycles. The highest BCUT2D eigenvalue weighted by molar-refractivity contribution is 5.89. The Kier molecular flexibility index (Phi) is 19.5. The van der Waals surface area contributed by atoms with Crippen LogP contribution < -0.4 is 0 Å². The minimum atomic E-state index is -0.366. The maximum absolute atomic E-state index is 11.9. The third-order valence-corrected chi connectivity index (χ3v) is 4.47. The summed E-state index contributed by atoms with van der Waals surface area (Å²) in [6, 6.07) is 7.07. The molecule has 0 bridgehead atoms. The maximum atomic E-state index is 11.9. The van der Waals surface area contributed by atoms with Crippen LogP contribution in [0, 0.1) is 0 Å². The number of carbonyl (C=O) groups is 1. The van der Waals surface area contributed by atoms with Crippen LogP contribution in [-0.2, 0) is 33.2 Å². The summed E-state index contributed by atoms with van der Waals surface area (Å²) in [6.45, 7) is 10.1. The molecule has 0 aliphatic rings. The summed E-state index contributed by atoms with van der Waals surface area (Å²) in [7, 11) is 1.67. The lowest BCUT2D eigenvalue weighted by Gasteiger charge is -2.08. The van der Waals surface area contributed by atoms with Crippen LogP contribution >= 0.6 is 0 Å². The summed E-state index contributed by atoms with van der Waals surface area (Å²) in [5.41, 5.74) is 1.46. The van der Waals surface area contributed by atoms with Crippen molar-refractivity contribution in [3.63, 3.8) is 0 Å². The molecule has 0 fully saturated rings. The second-order valence-corrected chi connectivity index (χ2v) is 7.08. The third-order valence-electron chi connectivity index (χ3n) is 4.47. The van der Waals surface area contributed by atoms with Gasteiger partial charge in [0.05, 0.1) is 65.0 Å². The molecule has 1 rings (SSSR count). The van der Waals surface area contributed by atoms with E-state index >= 15 is 0 Å². The summed E-state index contributed by atoms with van der Waals surface area (Å²) < 4.78 is 37.3. The first-order valence-electron chi connectivity index (χ1n) is 11.5. The van der Waals surface area contributed by atoms with Crippen LogP contribution in [0.5, 0.6) is 0 Å². The molecule has 0 N–H and O–H groups in total. The lowest BCUT2D eigenvalue weighted by Crippen LogP contribution is -2.14. The third kappa shape index (κ3) is 17.3. The molecular formula is C25H40O8. The number of ether oxygens (including phenoxy) is 7. The highest BCUT2D eigenvalue weighted by atomic mass is 16.6. The summed E-state index contributed by atoms with van der Waals surface area (Å²) in [6.07, 6.45) is 4.88. The van der Waals surface area contributed by atoms with Crippen LogP contribution in [0.15, 0.2) is 30.8 Å². The Bertz CT molecular complexity index is 591. The molecule has 0 spiro atoms. The zero-order valence-electron chi connectivity index (χ0n) is 20.0. The SMILES string of the molecule is C=Cc1ccc(C(=O)OCCOCCOCCOCCOCCCCCOCCOC)cc1. The van der Waals surface area contributed by atoms with E-state index in [1.54, 1.807) is 25.3 Å². The quantitative estimate of drug-likeness (QED) is 0.179. The number of esters is 1. The largest absolute Gasteiger partial charge is 0.460 e. The van der Waals surface area contributed by atoms with Crippen LogP contribution in [0.1, 0.15) is 35.2 Å². The molecule has 0 heterocycles. The van der Waals surface area contributed by atoms with Crippen molar-refractivity contribution >= 4 is 12.0 Å². The van der Waals surface area contributed by atoms with Crippen LogP contribution in [0.25, 0.3) is 6.08 Å². The van der Waals surface area contributed by atoms with Gasteiger partial charge in [-0.1, -0.05) is 24.8 Å². The van der Waals surface area contributed by atoms with E-state index < -0.39 is 0 Å². The molecule has 0 aliphatic heterocycles. The first kappa shape index (κ1) is 29.2. The first-order chi connectivity index (χ1) is 16.3. The Labute approximate surface area is 198 Å². The topological polar surface area (TPSA) is 81.7 Å². The van der Waals surface area contributed by atoms with E-state index in [-0.39, 0.29) is 12.6 Å². The van der Waals surface area contributed by atoms with Gasteiger partial charge in [-0.15, -0.1) is 0 Å². The maximum Gasteiger partial charge on any atom is 0.338 e. The van der Waals surface area contributed by atoms with Crippen LogP contribution in [0.2, 0.25) is 0 Å². The summed E-state index contributed by atoms with van der Waals surface area (Å²) in [5, 5.41) is 0. The zero-order chi connectivity index (χ0) is 23.8. The fourth-order valence-corrected chi connectivity index (χ4v) is 2.62. The molecule has 33 heavy (non-hydrogen) atoms. The van der Waals surface area contributed by atoms with Crippen molar-refractivity contribution in [3.8, 4) is 0 Å². The molecule has 0 aromatic heterocycles. The van der Waals surface area contributed by atoms with E-state index in [0.29, 0.717) is 65.0 Å². The summed E-state index contributed by atoms with van der Waals surface area (Å²) in [4.78, 5) is 11.9. The van der Waals surface area contributed by atoms with E-state index in [2.05, 4.69) is 6.58 Å². The van der Waals surface area contributed by atoms with Gasteiger partial charge in [-0.3, -0.25) is 0 Å². The lowest BCUT2D eigenvalue weighted by molar-refractivity contribution is -0.00923. The van der Waals surface area contributed by atoms with Crippen molar-refractivity contribution in [2.24, 2.45) is 0 Å². The summed E-state index contributed by atoms with van der Waals surface area (Å²) in [5.74, 6) is -0.366. The smallest absolute Gasteiger partial charge is 0.338 e. The van der Waals surface area contributed by atoms with Gasteiger partial charge >= 0.3 is 5.97 Å². The van der Waals surface area contributed by atoms with Gasteiger partial charge in [-0.05, 0) is 37.0 Å². The second kappa shape index (κ2) is 22.0. The number of hydrogen-bond donors (Lipinski definition) is 0. The monoisotopic (exact) mass is 468 g/mol. The number of methoxy groups -OCH3 is 1. The van der Waals surface area contributed by atoms with Crippen molar-refractivity contribution < 1.29 is 38.0 Å². The Hall–Kier alpha value is -1.81. The van der Waals surface area contributed by atoms with Crippen LogP contribution in [0.4, 0.5) is 0 Å². The van der Waals surface area contributed by atoms with Crippen molar-refractivity contribution in [1.82, 2.24) is 0 Å². The predicted octanol–water partition coefficient (Wildman–Crippen LogP) is 3.39. The zero-order valence-corrected chi connectivity index (χ0v) is 20.0. The molecule has 188 valence electrons. The average Bonchev–Trinajstić information content (AvgIpc) is 2.85. The Morgan fingerprint density at radius 3 is 1.61 bits per heavy atom. The molecule has 1 aromatic rings.